The quantitative estimate of drug-likeness (QED) is 0.717. The second-order valence-electron chi connectivity index (χ2n) is 5.13. The summed E-state index contributed by atoms with van der Waals surface area (Å²) in [5.74, 6) is 0.245. The lowest BCUT2D eigenvalue weighted by Crippen LogP contribution is -2.20. The van der Waals surface area contributed by atoms with Gasteiger partial charge in [0.25, 0.3) is 0 Å². The van der Waals surface area contributed by atoms with Gasteiger partial charge in [0.15, 0.2) is 0 Å². The van der Waals surface area contributed by atoms with E-state index >= 15 is 0 Å². The van der Waals surface area contributed by atoms with Gasteiger partial charge in [-0.1, -0.05) is 18.2 Å². The number of rotatable bonds is 4. The van der Waals surface area contributed by atoms with Gasteiger partial charge in [-0.2, -0.15) is 4.80 Å². The molecule has 3 N–H and O–H groups in total. The Morgan fingerprint density at radius 1 is 1.17 bits per heavy atom. The minimum atomic E-state index is -0.208. The van der Waals surface area contributed by atoms with Gasteiger partial charge < -0.3 is 11.1 Å². The van der Waals surface area contributed by atoms with E-state index in [1.54, 1.807) is 12.1 Å². The van der Waals surface area contributed by atoms with Crippen molar-refractivity contribution in [2.24, 2.45) is 0 Å². The van der Waals surface area contributed by atoms with Gasteiger partial charge in [0.1, 0.15) is 6.54 Å². The molecule has 0 atom stereocenters. The maximum absolute atomic E-state index is 12.1. The third-order valence-electron chi connectivity index (χ3n) is 3.33. The maximum Gasteiger partial charge on any atom is 0.248 e. The molecule has 0 radical (unpaired) electrons. The van der Waals surface area contributed by atoms with Crippen LogP contribution in [-0.4, -0.2) is 26.1 Å². The van der Waals surface area contributed by atoms with Gasteiger partial charge in [-0.3, -0.25) is 4.79 Å². The lowest BCUT2D eigenvalue weighted by molar-refractivity contribution is -0.117. The molecule has 2 aromatic carbocycles. The van der Waals surface area contributed by atoms with Crippen molar-refractivity contribution < 1.29 is 4.79 Å². The molecule has 0 aliphatic rings. The lowest BCUT2D eigenvalue weighted by Gasteiger charge is -2.07. The number of carbonyl (C=O) groups excluding carboxylic acids is 1. The van der Waals surface area contributed by atoms with Crippen molar-refractivity contribution in [2.75, 3.05) is 11.1 Å². The third kappa shape index (κ3) is 3.52. The van der Waals surface area contributed by atoms with Crippen LogP contribution in [-0.2, 0) is 11.3 Å². The van der Waals surface area contributed by atoms with Gasteiger partial charge in [-0.15, -0.1) is 10.2 Å². The first-order valence-corrected chi connectivity index (χ1v) is 7.11. The number of nitrogens with one attached hydrogen (secondary N) is 1. The Balaban J connectivity index is 1.68. The summed E-state index contributed by atoms with van der Waals surface area (Å²) in [7, 11) is 0. The van der Waals surface area contributed by atoms with Gasteiger partial charge in [-0.05, 0) is 48.0 Å². The highest BCUT2D eigenvalue weighted by atomic mass is 16.2. The van der Waals surface area contributed by atoms with E-state index in [0.717, 1.165) is 16.8 Å². The summed E-state index contributed by atoms with van der Waals surface area (Å²) in [4.78, 5) is 13.3. The Hall–Kier alpha value is -3.22. The molecule has 0 fully saturated rings. The number of nitrogens with zero attached hydrogens (tertiary/aromatic N) is 4. The third-order valence-corrected chi connectivity index (χ3v) is 3.33. The van der Waals surface area contributed by atoms with Crippen LogP contribution < -0.4 is 11.1 Å². The molecular formula is C16H16N6O. The number of aryl methyl sites for hydroxylation is 1. The monoisotopic (exact) mass is 308 g/mol. The summed E-state index contributed by atoms with van der Waals surface area (Å²) in [6.07, 6.45) is 0. The second kappa shape index (κ2) is 6.27. The number of nitrogen functional groups attached to an aromatic ring is 1. The van der Waals surface area contributed by atoms with Gasteiger partial charge in [0.2, 0.25) is 11.7 Å². The van der Waals surface area contributed by atoms with E-state index in [-0.39, 0.29) is 12.5 Å². The van der Waals surface area contributed by atoms with E-state index in [4.69, 9.17) is 5.73 Å². The molecule has 0 saturated heterocycles. The first kappa shape index (κ1) is 14.7. The van der Waals surface area contributed by atoms with Crippen LogP contribution in [0.25, 0.3) is 11.4 Å². The van der Waals surface area contributed by atoms with E-state index in [0.29, 0.717) is 11.5 Å². The number of hydrogen-bond donors (Lipinski definition) is 2. The van der Waals surface area contributed by atoms with Crippen LogP contribution in [0.1, 0.15) is 5.56 Å². The number of carbonyl (C=O) groups is 1. The molecule has 0 spiro atoms. The standard InChI is InChI=1S/C16H16N6O/c1-11-4-2-3-5-14(11)18-15(23)10-22-20-16(19-21-22)12-6-8-13(17)9-7-12/h2-9H,10,17H2,1H3,(H,18,23). The zero-order valence-electron chi connectivity index (χ0n) is 12.6. The number of nitrogens with two attached hydrogens (primary N) is 1. The largest absolute Gasteiger partial charge is 0.399 e. The average molecular weight is 308 g/mol. The number of hydrogen-bond acceptors (Lipinski definition) is 5. The van der Waals surface area contributed by atoms with Crippen LogP contribution in [0.3, 0.4) is 0 Å². The van der Waals surface area contributed by atoms with Gasteiger partial charge in [-0.25, -0.2) is 0 Å². The molecule has 1 heterocycles. The summed E-state index contributed by atoms with van der Waals surface area (Å²) in [5.41, 5.74) is 8.88. The van der Waals surface area contributed by atoms with E-state index in [1.807, 2.05) is 43.3 Å². The molecule has 7 heteroatoms. The Kier molecular flexibility index (Phi) is 4.01. The second-order valence-corrected chi connectivity index (χ2v) is 5.13. The molecule has 0 aliphatic heterocycles. The summed E-state index contributed by atoms with van der Waals surface area (Å²) in [6, 6.07) is 14.7. The molecule has 0 saturated carbocycles. The highest BCUT2D eigenvalue weighted by Gasteiger charge is 2.10. The number of aromatic nitrogens is 4. The molecular weight excluding hydrogens is 292 g/mol. The number of tetrazole rings is 1. The van der Waals surface area contributed by atoms with Crippen LogP contribution in [0.15, 0.2) is 48.5 Å². The molecule has 3 rings (SSSR count). The van der Waals surface area contributed by atoms with Crippen LogP contribution in [0.2, 0.25) is 0 Å². The van der Waals surface area contributed by atoms with E-state index < -0.39 is 0 Å². The normalized spacial score (nSPS) is 10.5. The van der Waals surface area contributed by atoms with Crippen LogP contribution in [0.4, 0.5) is 11.4 Å². The lowest BCUT2D eigenvalue weighted by atomic mass is 10.2. The fourth-order valence-electron chi connectivity index (χ4n) is 2.09. The van der Waals surface area contributed by atoms with Crippen molar-refractivity contribution in [3.63, 3.8) is 0 Å². The molecule has 7 nitrogen and oxygen atoms in total. The van der Waals surface area contributed by atoms with Crippen molar-refractivity contribution in [2.45, 2.75) is 13.5 Å². The minimum absolute atomic E-state index is 0.00366. The van der Waals surface area contributed by atoms with Crippen LogP contribution >= 0.6 is 0 Å². The SMILES string of the molecule is Cc1ccccc1NC(=O)Cn1nnc(-c2ccc(N)cc2)n1. The molecule has 3 aromatic rings. The number of anilines is 2. The summed E-state index contributed by atoms with van der Waals surface area (Å²) >= 11 is 0. The Morgan fingerprint density at radius 2 is 1.91 bits per heavy atom. The summed E-state index contributed by atoms with van der Waals surface area (Å²) < 4.78 is 0. The Bertz CT molecular complexity index is 825. The zero-order chi connectivity index (χ0) is 16.2. The van der Waals surface area contributed by atoms with Crippen molar-refractivity contribution >= 4 is 17.3 Å². The molecule has 116 valence electrons. The molecule has 23 heavy (non-hydrogen) atoms. The summed E-state index contributed by atoms with van der Waals surface area (Å²) in [5, 5.41) is 14.9. The van der Waals surface area contributed by atoms with Gasteiger partial charge in [0, 0.05) is 16.9 Å². The first-order valence-electron chi connectivity index (χ1n) is 7.11. The highest BCUT2D eigenvalue weighted by molar-refractivity contribution is 5.91. The molecule has 1 aromatic heterocycles. The van der Waals surface area contributed by atoms with Crippen LogP contribution in [0, 0.1) is 6.92 Å². The van der Waals surface area contributed by atoms with Crippen molar-refractivity contribution in [3.05, 3.63) is 54.1 Å². The minimum Gasteiger partial charge on any atom is -0.399 e. The number of benzene rings is 2. The number of para-hydroxylation sites is 1. The highest BCUT2D eigenvalue weighted by Crippen LogP contribution is 2.15. The van der Waals surface area contributed by atoms with Gasteiger partial charge in [0.05, 0.1) is 0 Å². The summed E-state index contributed by atoms with van der Waals surface area (Å²) in [6.45, 7) is 1.93. The van der Waals surface area contributed by atoms with Crippen molar-refractivity contribution in [3.8, 4) is 11.4 Å². The molecule has 0 bridgehead atoms. The predicted molar refractivity (Wildman–Crippen MR) is 87.5 cm³/mol. The zero-order valence-corrected chi connectivity index (χ0v) is 12.6. The smallest absolute Gasteiger partial charge is 0.248 e. The Morgan fingerprint density at radius 3 is 2.65 bits per heavy atom. The topological polar surface area (TPSA) is 98.7 Å². The fourth-order valence-corrected chi connectivity index (χ4v) is 2.09. The maximum atomic E-state index is 12.1. The fraction of sp³-hybridized carbons (Fsp3) is 0.125. The van der Waals surface area contributed by atoms with Crippen molar-refractivity contribution in [1.82, 2.24) is 20.2 Å². The average Bonchev–Trinajstić information content (AvgIpc) is 2.98. The number of amides is 1. The first-order chi connectivity index (χ1) is 11.1. The van der Waals surface area contributed by atoms with E-state index in [9.17, 15) is 4.79 Å². The molecule has 0 unspecified atom stereocenters. The van der Waals surface area contributed by atoms with E-state index in [2.05, 4.69) is 20.7 Å². The predicted octanol–water partition coefficient (Wildman–Crippen LogP) is 1.87. The van der Waals surface area contributed by atoms with Gasteiger partial charge >= 0.3 is 0 Å². The van der Waals surface area contributed by atoms with E-state index in [1.165, 1.54) is 4.80 Å². The Labute approximate surface area is 133 Å². The van der Waals surface area contributed by atoms with Crippen LogP contribution in [0.5, 0.6) is 0 Å². The van der Waals surface area contributed by atoms with Crippen molar-refractivity contribution in [1.29, 1.82) is 0 Å². The molecule has 0 aliphatic carbocycles. The molecule has 1 amide bonds.